The molecule has 2 N–H and O–H groups in total. The van der Waals surface area contributed by atoms with Crippen molar-refractivity contribution in [3.05, 3.63) is 35.9 Å². The summed E-state index contributed by atoms with van der Waals surface area (Å²) in [5.41, 5.74) is 0.938. The van der Waals surface area contributed by atoms with Gasteiger partial charge in [0.1, 0.15) is 0 Å². The van der Waals surface area contributed by atoms with Gasteiger partial charge in [-0.1, -0.05) is 30.3 Å². The van der Waals surface area contributed by atoms with Crippen LogP contribution < -0.4 is 5.32 Å². The molecule has 1 heterocycles. The molecule has 0 aliphatic carbocycles. The maximum absolute atomic E-state index is 10.2. The Labute approximate surface area is 114 Å². The molecule has 2 unspecified atom stereocenters. The maximum atomic E-state index is 10.2. The van der Waals surface area contributed by atoms with Gasteiger partial charge in [-0.25, -0.2) is 0 Å². The zero-order valence-electron chi connectivity index (χ0n) is 11.4. The normalized spacial score (nSPS) is 20.1. The molecule has 0 amide bonds. The smallest absolute Gasteiger partial charge is 0.158 e. The number of nitrogens with one attached hydrogen (secondary N) is 1. The van der Waals surface area contributed by atoms with Crippen LogP contribution in [0.4, 0.5) is 0 Å². The van der Waals surface area contributed by atoms with Gasteiger partial charge in [0.2, 0.25) is 0 Å². The van der Waals surface area contributed by atoms with Crippen molar-refractivity contribution in [3.8, 4) is 0 Å². The summed E-state index contributed by atoms with van der Waals surface area (Å²) in [6.07, 6.45) is 1.20. The van der Waals surface area contributed by atoms with Crippen molar-refractivity contribution in [3.63, 3.8) is 0 Å². The predicted octanol–water partition coefficient (Wildman–Crippen LogP) is 1.85. The molecule has 106 valence electrons. The fourth-order valence-electron chi connectivity index (χ4n) is 2.18. The Morgan fingerprint density at radius 3 is 2.63 bits per heavy atom. The SMILES string of the molecule is CC(NCCC1OCCCO1)C(O)c1ccccc1. The van der Waals surface area contributed by atoms with E-state index in [2.05, 4.69) is 5.32 Å². The monoisotopic (exact) mass is 265 g/mol. The zero-order chi connectivity index (χ0) is 13.5. The van der Waals surface area contributed by atoms with Crippen LogP contribution >= 0.6 is 0 Å². The van der Waals surface area contributed by atoms with E-state index in [1.165, 1.54) is 0 Å². The van der Waals surface area contributed by atoms with E-state index >= 15 is 0 Å². The largest absolute Gasteiger partial charge is 0.387 e. The molecule has 19 heavy (non-hydrogen) atoms. The third kappa shape index (κ3) is 4.58. The summed E-state index contributed by atoms with van der Waals surface area (Å²) in [5, 5.41) is 13.5. The Kier molecular flexibility index (Phi) is 5.79. The minimum absolute atomic E-state index is 0.00555. The third-order valence-corrected chi connectivity index (χ3v) is 3.36. The molecule has 1 aromatic rings. The molecule has 1 aromatic carbocycles. The fourth-order valence-corrected chi connectivity index (χ4v) is 2.18. The van der Waals surface area contributed by atoms with Crippen molar-refractivity contribution in [1.29, 1.82) is 0 Å². The maximum Gasteiger partial charge on any atom is 0.158 e. The van der Waals surface area contributed by atoms with Crippen molar-refractivity contribution in [2.45, 2.75) is 38.2 Å². The highest BCUT2D eigenvalue weighted by atomic mass is 16.7. The molecule has 2 atom stereocenters. The molecular weight excluding hydrogens is 242 g/mol. The summed E-state index contributed by atoms with van der Waals surface area (Å²) < 4.78 is 11.0. The van der Waals surface area contributed by atoms with Crippen molar-refractivity contribution >= 4 is 0 Å². The van der Waals surface area contributed by atoms with Gasteiger partial charge in [0.25, 0.3) is 0 Å². The summed E-state index contributed by atoms with van der Waals surface area (Å²) in [7, 11) is 0. The van der Waals surface area contributed by atoms with E-state index in [1.807, 2.05) is 37.3 Å². The summed E-state index contributed by atoms with van der Waals surface area (Å²) >= 11 is 0. The minimum Gasteiger partial charge on any atom is -0.387 e. The van der Waals surface area contributed by atoms with Crippen molar-refractivity contribution < 1.29 is 14.6 Å². The van der Waals surface area contributed by atoms with Crippen LogP contribution in [-0.2, 0) is 9.47 Å². The lowest BCUT2D eigenvalue weighted by Gasteiger charge is -2.25. The van der Waals surface area contributed by atoms with E-state index in [1.54, 1.807) is 0 Å². The lowest BCUT2D eigenvalue weighted by atomic mass is 10.0. The van der Waals surface area contributed by atoms with Crippen molar-refractivity contribution in [2.24, 2.45) is 0 Å². The molecule has 4 heteroatoms. The molecule has 1 saturated heterocycles. The van der Waals surface area contributed by atoms with Crippen LogP contribution in [0, 0.1) is 0 Å². The lowest BCUT2D eigenvalue weighted by molar-refractivity contribution is -0.180. The van der Waals surface area contributed by atoms with Gasteiger partial charge in [-0.05, 0) is 18.9 Å². The average molecular weight is 265 g/mol. The number of aliphatic hydroxyl groups excluding tert-OH is 1. The summed E-state index contributed by atoms with van der Waals surface area (Å²) in [5.74, 6) is 0. The van der Waals surface area contributed by atoms with Gasteiger partial charge >= 0.3 is 0 Å². The molecule has 1 aliphatic rings. The number of ether oxygens (including phenoxy) is 2. The standard InChI is InChI=1S/C15H23NO3/c1-12(15(17)13-6-3-2-4-7-13)16-9-8-14-18-10-5-11-19-14/h2-4,6-7,12,14-17H,5,8-11H2,1H3. The molecule has 1 fully saturated rings. The van der Waals surface area contributed by atoms with Gasteiger partial charge in [0, 0.05) is 19.0 Å². The highest BCUT2D eigenvalue weighted by Crippen LogP contribution is 2.16. The summed E-state index contributed by atoms with van der Waals surface area (Å²) in [4.78, 5) is 0. The molecule has 0 saturated carbocycles. The van der Waals surface area contributed by atoms with Crippen LogP contribution in [0.3, 0.4) is 0 Å². The summed E-state index contributed by atoms with van der Waals surface area (Å²) in [6, 6.07) is 9.72. The first-order valence-electron chi connectivity index (χ1n) is 6.97. The number of benzene rings is 1. The average Bonchev–Trinajstić information content (AvgIpc) is 2.48. The van der Waals surface area contributed by atoms with Gasteiger partial charge in [0.15, 0.2) is 6.29 Å². The van der Waals surface area contributed by atoms with Gasteiger partial charge in [-0.2, -0.15) is 0 Å². The van der Waals surface area contributed by atoms with Crippen LogP contribution in [-0.4, -0.2) is 37.2 Å². The Balaban J connectivity index is 1.70. The highest BCUT2D eigenvalue weighted by Gasteiger charge is 2.17. The van der Waals surface area contributed by atoms with E-state index in [0.717, 1.165) is 38.2 Å². The van der Waals surface area contributed by atoms with E-state index in [4.69, 9.17) is 9.47 Å². The molecule has 1 aliphatic heterocycles. The van der Waals surface area contributed by atoms with Gasteiger partial charge in [0.05, 0.1) is 19.3 Å². The first-order chi connectivity index (χ1) is 9.27. The van der Waals surface area contributed by atoms with Crippen molar-refractivity contribution in [1.82, 2.24) is 5.32 Å². The Hall–Kier alpha value is -0.940. The fraction of sp³-hybridized carbons (Fsp3) is 0.600. The predicted molar refractivity (Wildman–Crippen MR) is 73.8 cm³/mol. The molecule has 2 rings (SSSR count). The van der Waals surface area contributed by atoms with Crippen LogP contribution in [0.1, 0.15) is 31.4 Å². The first-order valence-corrected chi connectivity index (χ1v) is 6.97. The number of hydrogen-bond acceptors (Lipinski definition) is 4. The zero-order valence-corrected chi connectivity index (χ0v) is 11.4. The van der Waals surface area contributed by atoms with Gasteiger partial charge < -0.3 is 19.9 Å². The number of rotatable bonds is 6. The topological polar surface area (TPSA) is 50.7 Å². The third-order valence-electron chi connectivity index (χ3n) is 3.36. The van der Waals surface area contributed by atoms with E-state index in [-0.39, 0.29) is 12.3 Å². The molecule has 0 aromatic heterocycles. The van der Waals surface area contributed by atoms with Gasteiger partial charge in [-0.3, -0.25) is 0 Å². The second-order valence-corrected chi connectivity index (χ2v) is 4.91. The molecule has 0 radical (unpaired) electrons. The molecular formula is C15H23NO3. The number of hydrogen-bond donors (Lipinski definition) is 2. The minimum atomic E-state index is -0.491. The molecule has 4 nitrogen and oxygen atoms in total. The highest BCUT2D eigenvalue weighted by molar-refractivity contribution is 5.18. The lowest BCUT2D eigenvalue weighted by Crippen LogP contribution is -2.36. The van der Waals surface area contributed by atoms with E-state index in [9.17, 15) is 5.11 Å². The quantitative estimate of drug-likeness (QED) is 0.824. The Morgan fingerprint density at radius 2 is 1.95 bits per heavy atom. The Bertz CT molecular complexity index is 352. The van der Waals surface area contributed by atoms with Gasteiger partial charge in [-0.15, -0.1) is 0 Å². The van der Waals surface area contributed by atoms with Crippen LogP contribution in [0.2, 0.25) is 0 Å². The molecule has 0 bridgehead atoms. The number of aliphatic hydroxyl groups is 1. The van der Waals surface area contributed by atoms with Crippen LogP contribution in [0.5, 0.6) is 0 Å². The van der Waals surface area contributed by atoms with Crippen LogP contribution in [0.25, 0.3) is 0 Å². The van der Waals surface area contributed by atoms with Crippen LogP contribution in [0.15, 0.2) is 30.3 Å². The van der Waals surface area contributed by atoms with Crippen molar-refractivity contribution in [2.75, 3.05) is 19.8 Å². The van der Waals surface area contributed by atoms with E-state index < -0.39 is 6.10 Å². The second kappa shape index (κ2) is 7.60. The Morgan fingerprint density at radius 1 is 1.26 bits per heavy atom. The second-order valence-electron chi connectivity index (χ2n) is 4.91. The summed E-state index contributed by atoms with van der Waals surface area (Å²) in [6.45, 7) is 4.33. The van der Waals surface area contributed by atoms with E-state index in [0.29, 0.717) is 0 Å². The molecule has 0 spiro atoms. The first kappa shape index (κ1) is 14.5.